The van der Waals surface area contributed by atoms with Crippen LogP contribution in [0, 0.1) is 0 Å². The van der Waals surface area contributed by atoms with E-state index < -0.39 is 62.5 Å². The third kappa shape index (κ3) is 5.31. The van der Waals surface area contributed by atoms with Crippen LogP contribution in [0.25, 0.3) is 10.8 Å². The largest absolute Gasteiger partial charge is 0.394 e. The Hall–Kier alpha value is -2.93. The van der Waals surface area contributed by atoms with Crippen LogP contribution in [0.2, 0.25) is 0 Å². The minimum atomic E-state index is -1.53. The van der Waals surface area contributed by atoms with Crippen molar-refractivity contribution in [2.75, 3.05) is 46.2 Å². The molecule has 0 unspecified atom stereocenters. The Labute approximate surface area is 221 Å². The van der Waals surface area contributed by atoms with Gasteiger partial charge in [0.2, 0.25) is 11.6 Å². The molecule has 1 aliphatic rings. The number of rotatable bonds is 12. The number of nitrogens with one attached hydrogen (secondary N) is 2. The molecule has 3 rings (SSSR count). The fraction of sp³-hybridized carbons (Fsp3) is 0.519. The third-order valence-electron chi connectivity index (χ3n) is 7.65. The van der Waals surface area contributed by atoms with Crippen molar-refractivity contribution >= 4 is 34.0 Å². The maximum absolute atomic E-state index is 12.8. The molecule has 38 heavy (non-hydrogen) atoms. The molecule has 0 aliphatic carbocycles. The van der Waals surface area contributed by atoms with E-state index >= 15 is 0 Å². The Bertz CT molecular complexity index is 1220. The van der Waals surface area contributed by atoms with Gasteiger partial charge in [-0.15, -0.1) is 0 Å². The van der Waals surface area contributed by atoms with Gasteiger partial charge in [0.15, 0.2) is 12.3 Å². The van der Waals surface area contributed by atoms with Gasteiger partial charge in [0, 0.05) is 24.1 Å². The van der Waals surface area contributed by atoms with Gasteiger partial charge in [-0.25, -0.2) is 0 Å². The molecule has 2 aromatic rings. The number of hydrogen-bond acceptors (Lipinski definition) is 8. The van der Waals surface area contributed by atoms with Gasteiger partial charge >= 0.3 is 0 Å². The summed E-state index contributed by atoms with van der Waals surface area (Å²) in [4.78, 5) is 25.4. The van der Waals surface area contributed by atoms with E-state index in [4.69, 9.17) is 0 Å². The lowest BCUT2D eigenvalue weighted by Gasteiger charge is -2.28. The zero-order valence-corrected chi connectivity index (χ0v) is 22.0. The van der Waals surface area contributed by atoms with Gasteiger partial charge in [-0.05, 0) is 42.8 Å². The molecule has 8 N–H and O–H groups in total. The number of carbonyl (C=O) groups is 2. The molecule has 0 spiro atoms. The van der Waals surface area contributed by atoms with Gasteiger partial charge in [-0.3, -0.25) is 9.59 Å². The predicted molar refractivity (Wildman–Crippen MR) is 141 cm³/mol. The van der Waals surface area contributed by atoms with Crippen molar-refractivity contribution in [2.45, 2.75) is 43.7 Å². The normalized spacial score (nSPS) is 15.1. The smallest absolute Gasteiger partial charge is 0.251 e. The molecule has 11 nitrogen and oxygen atoms in total. The van der Waals surface area contributed by atoms with Gasteiger partial charge in [0.05, 0.1) is 51.5 Å². The second kappa shape index (κ2) is 11.4. The van der Waals surface area contributed by atoms with Gasteiger partial charge < -0.3 is 41.3 Å². The monoisotopic (exact) mass is 532 g/mol. The maximum atomic E-state index is 12.8. The van der Waals surface area contributed by atoms with Crippen molar-refractivity contribution in [1.29, 1.82) is 0 Å². The highest BCUT2D eigenvalue weighted by Gasteiger charge is 2.44. The van der Waals surface area contributed by atoms with Crippen LogP contribution in [0.1, 0.15) is 43.1 Å². The van der Waals surface area contributed by atoms with Crippen LogP contribution in [0.4, 0.5) is 5.69 Å². The van der Waals surface area contributed by atoms with Crippen molar-refractivity contribution in [1.82, 2.24) is 10.6 Å². The van der Waals surface area contributed by atoms with Crippen LogP contribution in [0.5, 0.6) is 0 Å². The van der Waals surface area contributed by atoms with Crippen molar-refractivity contribution in [3.63, 3.8) is 0 Å². The SMILES string of the molecule is CC1=[N+](CCC(=O)NC(CO)(CO)CO)c2ccc3cc(C(=O)NC(CO)(CO)CO)ccc3c2C1(C)C. The lowest BCUT2D eigenvalue weighted by molar-refractivity contribution is -0.437. The van der Waals surface area contributed by atoms with Crippen LogP contribution in [-0.2, 0) is 10.2 Å². The summed E-state index contributed by atoms with van der Waals surface area (Å²) in [5.41, 5.74) is -0.124. The molecule has 2 aromatic carbocycles. The topological polar surface area (TPSA) is 183 Å². The Morgan fingerprint density at radius 3 is 1.95 bits per heavy atom. The molecule has 0 fully saturated rings. The van der Waals surface area contributed by atoms with Gasteiger partial charge in [0.1, 0.15) is 11.1 Å². The minimum absolute atomic E-state index is 0.0636. The fourth-order valence-corrected chi connectivity index (χ4v) is 4.75. The number of hydrogen-bond donors (Lipinski definition) is 8. The number of benzene rings is 2. The highest BCUT2D eigenvalue weighted by molar-refractivity contribution is 6.04. The highest BCUT2D eigenvalue weighted by atomic mass is 16.3. The Morgan fingerprint density at radius 2 is 1.39 bits per heavy atom. The van der Waals surface area contributed by atoms with Crippen LogP contribution in [-0.4, -0.2) is 110 Å². The van der Waals surface area contributed by atoms with Crippen LogP contribution < -0.4 is 10.6 Å². The lowest BCUT2D eigenvalue weighted by Crippen LogP contribution is -2.57. The zero-order chi connectivity index (χ0) is 28.3. The molecule has 0 bridgehead atoms. The van der Waals surface area contributed by atoms with Crippen LogP contribution >= 0.6 is 0 Å². The Morgan fingerprint density at radius 1 is 0.842 bits per heavy atom. The van der Waals surface area contributed by atoms with Crippen molar-refractivity contribution in [2.24, 2.45) is 0 Å². The number of nitrogens with zero attached hydrogens (tertiary/aromatic N) is 1. The predicted octanol–water partition coefficient (Wildman–Crippen LogP) is -1.10. The first kappa shape index (κ1) is 29.6. The molecule has 208 valence electrons. The molecule has 0 atom stereocenters. The third-order valence-corrected chi connectivity index (χ3v) is 7.65. The first-order valence-corrected chi connectivity index (χ1v) is 12.4. The first-order chi connectivity index (χ1) is 18.0. The van der Waals surface area contributed by atoms with E-state index in [2.05, 4.69) is 24.5 Å². The Balaban J connectivity index is 1.90. The summed E-state index contributed by atoms with van der Waals surface area (Å²) in [5, 5.41) is 63.8. The van der Waals surface area contributed by atoms with Crippen LogP contribution in [0.3, 0.4) is 0 Å². The maximum Gasteiger partial charge on any atom is 0.251 e. The minimum Gasteiger partial charge on any atom is -0.394 e. The van der Waals surface area contributed by atoms with Gasteiger partial charge in [-0.2, -0.15) is 4.58 Å². The van der Waals surface area contributed by atoms with E-state index in [0.717, 1.165) is 27.7 Å². The summed E-state index contributed by atoms with van der Waals surface area (Å²) in [6.45, 7) is 2.84. The average molecular weight is 533 g/mol. The first-order valence-electron chi connectivity index (χ1n) is 12.4. The zero-order valence-electron chi connectivity index (χ0n) is 22.0. The molecule has 1 aliphatic heterocycles. The van der Waals surface area contributed by atoms with E-state index in [0.29, 0.717) is 12.1 Å². The molecule has 0 saturated carbocycles. The molecule has 0 aromatic heterocycles. The van der Waals surface area contributed by atoms with Crippen molar-refractivity contribution in [3.05, 3.63) is 41.5 Å². The molecule has 2 amide bonds. The molecule has 0 saturated heterocycles. The number of aliphatic hydroxyl groups is 6. The molecule has 0 radical (unpaired) electrons. The quantitative estimate of drug-likeness (QED) is 0.159. The highest BCUT2D eigenvalue weighted by Crippen LogP contribution is 2.44. The van der Waals surface area contributed by atoms with E-state index in [9.17, 15) is 40.2 Å². The number of fused-ring (bicyclic) bond motifs is 3. The van der Waals surface area contributed by atoms with Gasteiger partial charge in [-0.1, -0.05) is 6.07 Å². The summed E-state index contributed by atoms with van der Waals surface area (Å²) < 4.78 is 2.05. The van der Waals surface area contributed by atoms with Crippen molar-refractivity contribution in [3.8, 4) is 0 Å². The molecular weight excluding hydrogens is 494 g/mol. The number of carbonyl (C=O) groups excluding carboxylic acids is 2. The second-order valence-corrected chi connectivity index (χ2v) is 10.5. The fourth-order valence-electron chi connectivity index (χ4n) is 4.75. The summed E-state index contributed by atoms with van der Waals surface area (Å²) in [5.74, 6) is -0.953. The molecule has 11 heteroatoms. The average Bonchev–Trinajstić information content (AvgIpc) is 3.13. The molecular formula is C27H38N3O8+. The molecule has 1 heterocycles. The second-order valence-electron chi connectivity index (χ2n) is 10.5. The summed E-state index contributed by atoms with van der Waals surface area (Å²) in [6, 6.07) is 8.99. The van der Waals surface area contributed by atoms with E-state index in [1.807, 2.05) is 29.7 Å². The number of aliphatic hydroxyl groups excluding tert-OH is 6. The summed E-state index contributed by atoms with van der Waals surface area (Å²) in [7, 11) is 0. The van der Waals surface area contributed by atoms with E-state index in [-0.39, 0.29) is 11.8 Å². The Kier molecular flexibility index (Phi) is 8.92. The standard InChI is InChI=1S/C27H37N3O8/c1-17-25(2,3)23-20-6-4-19(24(38)29-27(14-34,15-35)16-36)10-18(20)5-7-21(23)30(17)9-8-22(37)28-26(11-31,12-32)13-33/h4-7,10,31-36H,8-9,11-16H2,1-3H3,(H-,28,29,37,38)/p+1. The van der Waals surface area contributed by atoms with Crippen LogP contribution in [0.15, 0.2) is 30.3 Å². The summed E-state index contributed by atoms with van der Waals surface area (Å²) in [6.07, 6.45) is 0.0636. The number of amides is 2. The van der Waals surface area contributed by atoms with Gasteiger partial charge in [0.25, 0.3) is 5.91 Å². The lowest BCUT2D eigenvalue weighted by atomic mass is 9.79. The van der Waals surface area contributed by atoms with E-state index in [1.165, 1.54) is 0 Å². The van der Waals surface area contributed by atoms with Crippen molar-refractivity contribution < 1.29 is 44.8 Å². The summed E-state index contributed by atoms with van der Waals surface area (Å²) >= 11 is 0. The van der Waals surface area contributed by atoms with E-state index in [1.54, 1.807) is 12.1 Å².